The highest BCUT2D eigenvalue weighted by molar-refractivity contribution is 6.47. The molecule has 0 bridgehead atoms. The van der Waals surface area contributed by atoms with E-state index in [9.17, 15) is 0 Å². The van der Waals surface area contributed by atoms with E-state index in [2.05, 4.69) is 29.2 Å². The van der Waals surface area contributed by atoms with Gasteiger partial charge < -0.3 is 9.76 Å². The molecule has 0 saturated heterocycles. The summed E-state index contributed by atoms with van der Waals surface area (Å²) in [5.41, 5.74) is -0.240. The van der Waals surface area contributed by atoms with E-state index in [4.69, 9.17) is 9.76 Å². The van der Waals surface area contributed by atoms with Crippen molar-refractivity contribution in [2.45, 2.75) is 38.9 Å². The van der Waals surface area contributed by atoms with Gasteiger partial charge >= 0.3 is 7.48 Å². The van der Waals surface area contributed by atoms with Crippen molar-refractivity contribution in [3.8, 4) is 0 Å². The normalized spacial score (nSPS) is 12.7. The third kappa shape index (κ3) is 3.10. The Kier molecular flexibility index (Phi) is 3.90. The van der Waals surface area contributed by atoms with Gasteiger partial charge in [0.25, 0.3) is 0 Å². The lowest BCUT2D eigenvalue weighted by molar-refractivity contribution is -0.0893. The smallest absolute Gasteiger partial charge is 0.331 e. The highest BCUT2D eigenvalue weighted by Crippen LogP contribution is 2.25. The number of rotatable bonds is 4. The Morgan fingerprint density at radius 1 is 0.957 bits per heavy atom. The van der Waals surface area contributed by atoms with Crippen LogP contribution in [0.1, 0.15) is 27.7 Å². The van der Waals surface area contributed by atoms with Crippen molar-refractivity contribution in [2.75, 3.05) is 0 Å². The predicted octanol–water partition coefficient (Wildman–Crippen LogP) is 2.93. The molecular weight excluding hydrogens is 285 g/mol. The molecule has 4 heteroatoms. The predicted molar refractivity (Wildman–Crippen MR) is 97.5 cm³/mol. The molecule has 3 aromatic rings. The Hall–Kier alpha value is -1.91. The number of hydrogen-bond donors (Lipinski definition) is 0. The Labute approximate surface area is 137 Å². The van der Waals surface area contributed by atoms with Crippen molar-refractivity contribution in [3.63, 3.8) is 0 Å². The van der Waals surface area contributed by atoms with E-state index < -0.39 is 11.2 Å². The third-order valence-electron chi connectivity index (χ3n) is 4.66. The summed E-state index contributed by atoms with van der Waals surface area (Å²) in [6.07, 6.45) is 3.72. The first-order valence-electron chi connectivity index (χ1n) is 7.80. The van der Waals surface area contributed by atoms with Crippen LogP contribution in [0, 0.1) is 0 Å². The van der Waals surface area contributed by atoms with E-state index in [-0.39, 0.29) is 0 Å². The monoisotopic (exact) mass is 307 g/mol. The molecule has 0 atom stereocenters. The zero-order valence-electron chi connectivity index (χ0n) is 14.1. The van der Waals surface area contributed by atoms with Gasteiger partial charge in [-0.15, -0.1) is 0 Å². The molecule has 0 unspecified atom stereocenters. The summed E-state index contributed by atoms with van der Waals surface area (Å²) in [5, 5.41) is 12.9. The average Bonchev–Trinajstić information content (AvgIpc) is 2.51. The maximum atomic E-state index is 8.17. The highest BCUT2D eigenvalue weighted by Gasteiger charge is 2.40. The minimum Gasteiger partial charge on any atom is -0.439 e. The summed E-state index contributed by atoms with van der Waals surface area (Å²) in [6.45, 7) is 7.61. The minimum atomic E-state index is -0.678. The summed E-state index contributed by atoms with van der Waals surface area (Å²) in [5.74, 6) is 0. The summed E-state index contributed by atoms with van der Waals surface area (Å²) in [4.78, 5) is 4.23. The molecule has 0 amide bonds. The van der Waals surface area contributed by atoms with Crippen molar-refractivity contribution >= 4 is 34.5 Å². The third-order valence-corrected chi connectivity index (χ3v) is 4.66. The molecule has 23 heavy (non-hydrogen) atoms. The fourth-order valence-corrected chi connectivity index (χ4v) is 2.36. The van der Waals surface area contributed by atoms with E-state index in [1.54, 1.807) is 7.48 Å². The molecule has 3 rings (SSSR count). The molecule has 2 N–H and O–H groups in total. The number of benzene rings is 2. The zero-order valence-corrected chi connectivity index (χ0v) is 14.1. The van der Waals surface area contributed by atoms with Crippen molar-refractivity contribution in [3.05, 3.63) is 48.8 Å². The Balaban J connectivity index is 1.91. The van der Waals surface area contributed by atoms with Gasteiger partial charge in [-0.05, 0) is 36.1 Å². The number of nitrogens with zero attached hydrogens (tertiary/aromatic N) is 1. The Morgan fingerprint density at radius 2 is 1.70 bits per heavy atom. The second kappa shape index (κ2) is 5.62. The van der Waals surface area contributed by atoms with Crippen LogP contribution >= 0.6 is 0 Å². The second-order valence-electron chi connectivity index (χ2n) is 7.01. The van der Waals surface area contributed by atoms with E-state index in [1.165, 1.54) is 10.8 Å². The van der Waals surface area contributed by atoms with Gasteiger partial charge in [0, 0.05) is 31.6 Å². The lowest BCUT2D eigenvalue weighted by Gasteiger charge is -2.33. The summed E-state index contributed by atoms with van der Waals surface area (Å²) in [7, 11) is 1.75. The molecule has 0 fully saturated rings. The van der Waals surface area contributed by atoms with Crippen molar-refractivity contribution in [1.29, 1.82) is 0 Å². The molecule has 117 valence electrons. The standard InChI is InChI=1S/C19H21BNO2/c1-18(2,22)19(3,4)23-20-15-7-8-16-14(11-15)6-5-13-9-10-21-12-17(13)16/h5-12,22H,1-4H3/p+1. The molecule has 1 aromatic heterocycles. The van der Waals surface area contributed by atoms with E-state index in [0.29, 0.717) is 0 Å². The summed E-state index contributed by atoms with van der Waals surface area (Å²) >= 11 is 0. The molecule has 0 spiro atoms. The van der Waals surface area contributed by atoms with E-state index in [1.807, 2.05) is 52.2 Å². The fourth-order valence-electron chi connectivity index (χ4n) is 2.36. The maximum absolute atomic E-state index is 8.17. The van der Waals surface area contributed by atoms with Crippen LogP contribution in [0.5, 0.6) is 0 Å². The van der Waals surface area contributed by atoms with Crippen LogP contribution in [-0.2, 0) is 4.65 Å². The minimum absolute atomic E-state index is 0.560. The first-order valence-corrected chi connectivity index (χ1v) is 7.80. The van der Waals surface area contributed by atoms with Gasteiger partial charge in [0.15, 0.2) is 5.60 Å². The molecule has 1 heterocycles. The first-order chi connectivity index (χ1) is 10.8. The van der Waals surface area contributed by atoms with Gasteiger partial charge in [-0.3, -0.25) is 4.98 Å². The quantitative estimate of drug-likeness (QED) is 0.422. The fraction of sp³-hybridized carbons (Fsp3) is 0.316. The van der Waals surface area contributed by atoms with Gasteiger partial charge in [-0.1, -0.05) is 35.8 Å². The molecule has 0 aliphatic rings. The molecule has 2 aromatic carbocycles. The molecule has 0 saturated carbocycles. The maximum Gasteiger partial charge on any atom is 0.331 e. The van der Waals surface area contributed by atoms with Crippen LogP contribution in [0.2, 0.25) is 0 Å². The summed E-state index contributed by atoms with van der Waals surface area (Å²) < 4.78 is 5.89. The Bertz CT molecular complexity index is 853. The van der Waals surface area contributed by atoms with Crippen LogP contribution in [0.25, 0.3) is 21.5 Å². The van der Waals surface area contributed by atoms with E-state index >= 15 is 0 Å². The van der Waals surface area contributed by atoms with Gasteiger partial charge in [-0.25, -0.2) is 0 Å². The topological polar surface area (TPSA) is 45.0 Å². The van der Waals surface area contributed by atoms with Gasteiger partial charge in [0.2, 0.25) is 0 Å². The van der Waals surface area contributed by atoms with Gasteiger partial charge in [0.1, 0.15) is 5.60 Å². The molecule has 1 radical (unpaired) electrons. The molecule has 0 aliphatic carbocycles. The first kappa shape index (κ1) is 16.0. The zero-order chi connectivity index (χ0) is 16.7. The number of hydrogen-bond acceptors (Lipinski definition) is 2. The van der Waals surface area contributed by atoms with Crippen LogP contribution in [0.3, 0.4) is 0 Å². The van der Waals surface area contributed by atoms with Crippen LogP contribution in [0.15, 0.2) is 48.8 Å². The summed E-state index contributed by atoms with van der Waals surface area (Å²) in [6, 6.07) is 12.5. The second-order valence-corrected chi connectivity index (χ2v) is 7.01. The molecular formula is C19H22BNO2+. The van der Waals surface area contributed by atoms with Crippen LogP contribution in [0.4, 0.5) is 0 Å². The number of fused-ring (bicyclic) bond motifs is 3. The lowest BCUT2D eigenvalue weighted by atomic mass is 9.82. The molecule has 3 nitrogen and oxygen atoms in total. The van der Waals surface area contributed by atoms with Crippen LogP contribution in [-0.4, -0.2) is 28.8 Å². The SMILES string of the molecule is CC(C)([OH2+])C(C)(C)O[B]c1ccc2c(ccc3ccncc32)c1. The largest absolute Gasteiger partial charge is 0.439 e. The molecule has 0 aliphatic heterocycles. The Morgan fingerprint density at radius 3 is 2.43 bits per heavy atom. The number of aromatic nitrogens is 1. The van der Waals surface area contributed by atoms with Gasteiger partial charge in [-0.2, -0.15) is 0 Å². The van der Waals surface area contributed by atoms with Crippen molar-refractivity contribution in [2.24, 2.45) is 0 Å². The van der Waals surface area contributed by atoms with Crippen LogP contribution < -0.4 is 5.46 Å². The lowest BCUT2D eigenvalue weighted by Crippen LogP contribution is -2.49. The van der Waals surface area contributed by atoms with Gasteiger partial charge in [0.05, 0.1) is 0 Å². The van der Waals surface area contributed by atoms with E-state index in [0.717, 1.165) is 16.2 Å². The van der Waals surface area contributed by atoms with Crippen molar-refractivity contribution in [1.82, 2.24) is 4.98 Å². The highest BCUT2D eigenvalue weighted by atomic mass is 16.5. The number of pyridine rings is 1. The van der Waals surface area contributed by atoms with Crippen molar-refractivity contribution < 1.29 is 9.76 Å². The average molecular weight is 307 g/mol.